The summed E-state index contributed by atoms with van der Waals surface area (Å²) in [6.07, 6.45) is 58.1. The molecule has 0 saturated carbocycles. The Balaban J connectivity index is 4.50. The Bertz CT molecular complexity index is 1400. The van der Waals surface area contributed by atoms with Crippen LogP contribution in [0.3, 0.4) is 0 Å². The van der Waals surface area contributed by atoms with Crippen molar-refractivity contribution in [2.24, 2.45) is 0 Å². The van der Waals surface area contributed by atoms with Gasteiger partial charge in [0.25, 0.3) is 0 Å². The summed E-state index contributed by atoms with van der Waals surface area (Å²) >= 11 is 0. The number of ether oxygens (including phenoxy) is 2. The average Bonchev–Trinajstić information content (AvgIpc) is 3.21. The molecule has 58 heavy (non-hydrogen) atoms. The van der Waals surface area contributed by atoms with Crippen molar-refractivity contribution in [1.29, 1.82) is 0 Å². The Morgan fingerprint density at radius 2 is 0.931 bits per heavy atom. The quantitative estimate of drug-likeness (QED) is 0.0273. The number of carbonyl (C=O) groups is 2. The second kappa shape index (κ2) is 42.7. The minimum atomic E-state index is -4.39. The first-order valence-corrected chi connectivity index (χ1v) is 22.6. The van der Waals surface area contributed by atoms with Crippen molar-refractivity contribution in [1.82, 2.24) is 5.32 Å². The fraction of sp³-hybridized carbons (Fsp3) is 0.500. The molecule has 9 nitrogen and oxygen atoms in total. The van der Waals surface area contributed by atoms with E-state index < -0.39 is 32.5 Å². The molecule has 2 atom stereocenters. The molecule has 0 aromatic carbocycles. The average molecular weight is 824 g/mol. The fourth-order valence-electron chi connectivity index (χ4n) is 4.67. The van der Waals surface area contributed by atoms with Crippen molar-refractivity contribution >= 4 is 19.8 Å². The van der Waals surface area contributed by atoms with E-state index in [-0.39, 0.29) is 26.1 Å². The summed E-state index contributed by atoms with van der Waals surface area (Å²) in [5.41, 5.74) is 0. The van der Waals surface area contributed by atoms with Gasteiger partial charge in [-0.25, -0.2) is 4.57 Å². The molecule has 0 rings (SSSR count). The maximum Gasteiger partial charge on any atom is 0.472 e. The summed E-state index contributed by atoms with van der Waals surface area (Å²) < 4.78 is 33.0. The zero-order valence-corrected chi connectivity index (χ0v) is 36.6. The highest BCUT2D eigenvalue weighted by Crippen LogP contribution is 2.43. The molecule has 0 heterocycles. The Morgan fingerprint density at radius 3 is 1.34 bits per heavy atom. The molecule has 0 aromatic rings. The van der Waals surface area contributed by atoms with Crippen molar-refractivity contribution in [2.45, 2.75) is 123 Å². The Kier molecular flexibility index (Phi) is 39.9. The lowest BCUT2D eigenvalue weighted by molar-refractivity contribution is -0.161. The van der Waals surface area contributed by atoms with Crippen LogP contribution in [-0.2, 0) is 32.7 Å². The lowest BCUT2D eigenvalue weighted by Gasteiger charge is -2.19. The van der Waals surface area contributed by atoms with Crippen molar-refractivity contribution in [3.8, 4) is 0 Å². The van der Waals surface area contributed by atoms with Gasteiger partial charge in [-0.3, -0.25) is 18.6 Å². The molecule has 0 aromatic heterocycles. The smallest absolute Gasteiger partial charge is 0.462 e. The number of rotatable bonds is 37. The van der Waals surface area contributed by atoms with Gasteiger partial charge in [-0.15, -0.1) is 0 Å². The molecule has 2 N–H and O–H groups in total. The van der Waals surface area contributed by atoms with E-state index in [1.165, 1.54) is 0 Å². The monoisotopic (exact) mass is 824 g/mol. The first-order chi connectivity index (χ1) is 28.3. The van der Waals surface area contributed by atoms with Crippen LogP contribution in [0.15, 0.2) is 134 Å². The van der Waals surface area contributed by atoms with E-state index in [4.69, 9.17) is 18.5 Å². The van der Waals surface area contributed by atoms with E-state index in [9.17, 15) is 19.0 Å². The van der Waals surface area contributed by atoms with Crippen LogP contribution < -0.4 is 5.32 Å². The molecule has 0 aliphatic rings. The number of hydrogen-bond donors (Lipinski definition) is 2. The first-order valence-electron chi connectivity index (χ1n) is 21.1. The van der Waals surface area contributed by atoms with Crippen LogP contribution in [-0.4, -0.2) is 56.3 Å². The minimum absolute atomic E-state index is 0.0481. The number of phosphoric ester groups is 1. The van der Waals surface area contributed by atoms with E-state index in [2.05, 4.69) is 135 Å². The van der Waals surface area contributed by atoms with Gasteiger partial charge >= 0.3 is 19.8 Å². The van der Waals surface area contributed by atoms with Gasteiger partial charge in [-0.05, 0) is 96.9 Å². The van der Waals surface area contributed by atoms with Gasteiger partial charge in [-0.2, -0.15) is 0 Å². The SMILES string of the molecule is CC/C=C\C/C=C\C/C=C\C/C=C\C/C=C\C/C=C\CCC(=O)OC(COC(=O)CCC/C=C\C/C=C\C/C=C\C/C=C\C/C=C\CC)COP(=O)(O)OCCNC. The third-order valence-electron chi connectivity index (χ3n) is 7.78. The largest absolute Gasteiger partial charge is 0.472 e. The molecule has 0 fully saturated rings. The van der Waals surface area contributed by atoms with E-state index in [1.807, 2.05) is 18.2 Å². The number of hydrogen-bond acceptors (Lipinski definition) is 8. The Labute approximate surface area is 351 Å². The molecule has 0 aliphatic carbocycles. The number of likely N-dealkylation sites (N-methyl/N-ethyl adjacent to an activating group) is 1. The molecule has 0 saturated heterocycles. The highest BCUT2D eigenvalue weighted by Gasteiger charge is 2.26. The van der Waals surface area contributed by atoms with Gasteiger partial charge in [0.05, 0.1) is 13.2 Å². The Morgan fingerprint density at radius 1 is 0.534 bits per heavy atom. The van der Waals surface area contributed by atoms with Crippen molar-refractivity contribution < 1.29 is 37.6 Å². The summed E-state index contributed by atoms with van der Waals surface area (Å²) in [7, 11) is -2.71. The molecule has 0 spiro atoms. The topological polar surface area (TPSA) is 120 Å². The molecule has 2 unspecified atom stereocenters. The van der Waals surface area contributed by atoms with Crippen LogP contribution in [0, 0.1) is 0 Å². The maximum absolute atomic E-state index is 12.6. The van der Waals surface area contributed by atoms with Crippen LogP contribution in [0.1, 0.15) is 117 Å². The number of allylic oxidation sites excluding steroid dienone is 22. The first kappa shape index (κ1) is 54.2. The molecule has 324 valence electrons. The van der Waals surface area contributed by atoms with E-state index in [0.29, 0.717) is 19.4 Å². The van der Waals surface area contributed by atoms with E-state index in [1.54, 1.807) is 7.05 Å². The lowest BCUT2D eigenvalue weighted by atomic mass is 10.2. The molecule has 0 radical (unpaired) electrons. The summed E-state index contributed by atoms with van der Waals surface area (Å²) in [6.45, 7) is 3.80. The van der Waals surface area contributed by atoms with Crippen LogP contribution in [0.4, 0.5) is 0 Å². The van der Waals surface area contributed by atoms with Gasteiger partial charge in [0.15, 0.2) is 6.10 Å². The maximum atomic E-state index is 12.6. The molecule has 0 bridgehead atoms. The van der Waals surface area contributed by atoms with Gasteiger partial charge in [-0.1, -0.05) is 148 Å². The number of esters is 2. The van der Waals surface area contributed by atoms with Crippen molar-refractivity contribution in [2.75, 3.05) is 33.4 Å². The van der Waals surface area contributed by atoms with Gasteiger partial charge in [0, 0.05) is 19.4 Å². The van der Waals surface area contributed by atoms with E-state index in [0.717, 1.165) is 77.0 Å². The molecular weight excluding hydrogens is 750 g/mol. The van der Waals surface area contributed by atoms with Gasteiger partial charge < -0.3 is 19.7 Å². The van der Waals surface area contributed by atoms with Crippen LogP contribution in [0.5, 0.6) is 0 Å². The summed E-state index contributed by atoms with van der Waals surface area (Å²) in [4.78, 5) is 35.0. The summed E-state index contributed by atoms with van der Waals surface area (Å²) in [5, 5.41) is 2.80. The summed E-state index contributed by atoms with van der Waals surface area (Å²) in [5.74, 6) is -0.990. The molecular formula is C48H74NO8P. The minimum Gasteiger partial charge on any atom is -0.462 e. The van der Waals surface area contributed by atoms with Gasteiger partial charge in [0.1, 0.15) is 6.61 Å². The fourth-order valence-corrected chi connectivity index (χ4v) is 5.42. The van der Waals surface area contributed by atoms with Crippen LogP contribution in [0.25, 0.3) is 0 Å². The molecule has 10 heteroatoms. The van der Waals surface area contributed by atoms with E-state index >= 15 is 0 Å². The zero-order chi connectivity index (χ0) is 42.5. The Hall–Kier alpha value is -3.85. The van der Waals surface area contributed by atoms with Crippen LogP contribution in [0.2, 0.25) is 0 Å². The second-order valence-electron chi connectivity index (χ2n) is 13.1. The van der Waals surface area contributed by atoms with Gasteiger partial charge in [0.2, 0.25) is 0 Å². The molecule has 0 aliphatic heterocycles. The zero-order valence-electron chi connectivity index (χ0n) is 35.7. The second-order valence-corrected chi connectivity index (χ2v) is 14.5. The predicted octanol–water partition coefficient (Wildman–Crippen LogP) is 12.2. The number of nitrogens with one attached hydrogen (secondary N) is 1. The highest BCUT2D eigenvalue weighted by atomic mass is 31.2. The highest BCUT2D eigenvalue weighted by molar-refractivity contribution is 7.47. The molecule has 0 amide bonds. The summed E-state index contributed by atoms with van der Waals surface area (Å²) in [6, 6.07) is 0. The third kappa shape index (κ3) is 41.8. The number of phosphoric acid groups is 1. The van der Waals surface area contributed by atoms with Crippen LogP contribution >= 0.6 is 7.82 Å². The lowest BCUT2D eigenvalue weighted by Crippen LogP contribution is -2.29. The normalized spacial score (nSPS) is 14.6. The standard InChI is InChI=1S/C48H74NO8P/c1-4-6-8-10-12-14-16-18-20-22-23-25-27-29-31-33-35-37-39-41-48(51)57-46(45-56-58(52,53)55-43-42-49-3)44-54-47(50)40-38-36-34-32-30-28-26-24-21-19-17-15-13-11-9-7-5-2/h6-9,12-15,18-21,23,25-26,28-29,31-32,34-35,37,46,49H,4-5,10-11,16-17,22,24,27,30,33,36,38-45H2,1-3H3,(H,52,53)/b8-6-,9-7-,14-12-,15-13-,20-18-,21-19-,25-23-,28-26-,31-29-,34-32-,37-35-. The number of unbranched alkanes of at least 4 members (excludes halogenated alkanes) is 1. The van der Waals surface area contributed by atoms with Crippen molar-refractivity contribution in [3.05, 3.63) is 134 Å². The third-order valence-corrected chi connectivity index (χ3v) is 8.76. The van der Waals surface area contributed by atoms with Crippen molar-refractivity contribution in [3.63, 3.8) is 0 Å². The number of carbonyl (C=O) groups excluding carboxylic acids is 2. The predicted molar refractivity (Wildman–Crippen MR) is 242 cm³/mol.